The van der Waals surface area contributed by atoms with E-state index in [4.69, 9.17) is 4.42 Å². The van der Waals surface area contributed by atoms with Crippen LogP contribution < -0.4 is 4.90 Å². The Morgan fingerprint density at radius 3 is 2.53 bits per heavy atom. The number of para-hydroxylation sites is 1. The molecule has 0 radical (unpaired) electrons. The predicted molar refractivity (Wildman–Crippen MR) is 121 cm³/mol. The highest BCUT2D eigenvalue weighted by Crippen LogP contribution is 2.46. The third-order valence-electron chi connectivity index (χ3n) is 5.60. The molecule has 4 rings (SSSR count). The van der Waals surface area contributed by atoms with Gasteiger partial charge in [0.15, 0.2) is 5.78 Å². The molecule has 6 heteroatoms. The highest BCUT2D eigenvalue weighted by molar-refractivity contribution is 8.00. The molecular formula is C24H25N3O2S. The minimum Gasteiger partial charge on any atom is -0.411 e. The van der Waals surface area contributed by atoms with Gasteiger partial charge in [0.25, 0.3) is 5.22 Å². The zero-order chi connectivity index (χ0) is 21.5. The van der Waals surface area contributed by atoms with Crippen molar-refractivity contribution < 1.29 is 9.21 Å². The van der Waals surface area contributed by atoms with Crippen molar-refractivity contribution in [3.8, 4) is 11.5 Å². The lowest BCUT2D eigenvalue weighted by molar-refractivity contribution is -0.114. The molecule has 1 aliphatic heterocycles. The van der Waals surface area contributed by atoms with E-state index in [9.17, 15) is 4.79 Å². The lowest BCUT2D eigenvalue weighted by Crippen LogP contribution is -2.25. The van der Waals surface area contributed by atoms with Crippen LogP contribution in [0.4, 0.5) is 5.69 Å². The molecule has 0 saturated carbocycles. The van der Waals surface area contributed by atoms with Crippen LogP contribution in [0.1, 0.15) is 31.9 Å². The Morgan fingerprint density at radius 1 is 1.13 bits per heavy atom. The number of carbonyl (C=O) groups is 1. The van der Waals surface area contributed by atoms with Crippen molar-refractivity contribution in [1.82, 2.24) is 10.2 Å². The molecule has 0 fully saturated rings. The molecule has 1 atom stereocenters. The second-order valence-electron chi connectivity index (χ2n) is 8.13. The number of anilines is 1. The Kier molecular flexibility index (Phi) is 5.28. The zero-order valence-corrected chi connectivity index (χ0v) is 18.7. The van der Waals surface area contributed by atoms with Crippen molar-refractivity contribution in [2.45, 2.75) is 43.6 Å². The highest BCUT2D eigenvalue weighted by Gasteiger charge is 2.38. The maximum absolute atomic E-state index is 13.0. The molecule has 1 aromatic heterocycles. The fourth-order valence-corrected chi connectivity index (χ4v) is 4.49. The van der Waals surface area contributed by atoms with Gasteiger partial charge in [-0.05, 0) is 37.6 Å². The van der Waals surface area contributed by atoms with Gasteiger partial charge in [0.1, 0.15) is 0 Å². The van der Waals surface area contributed by atoms with Gasteiger partial charge in [-0.2, -0.15) is 0 Å². The summed E-state index contributed by atoms with van der Waals surface area (Å²) in [4.78, 5) is 15.1. The van der Waals surface area contributed by atoms with Crippen LogP contribution in [-0.4, -0.2) is 28.3 Å². The Labute approximate surface area is 181 Å². The molecule has 30 heavy (non-hydrogen) atoms. The molecule has 2 aromatic carbocycles. The van der Waals surface area contributed by atoms with Gasteiger partial charge in [-0.25, -0.2) is 0 Å². The maximum atomic E-state index is 13.0. The summed E-state index contributed by atoms with van der Waals surface area (Å²) in [5.74, 6) is 0.487. The Balaban J connectivity index is 1.50. The van der Waals surface area contributed by atoms with Gasteiger partial charge < -0.3 is 9.32 Å². The van der Waals surface area contributed by atoms with E-state index in [0.717, 1.165) is 16.9 Å². The first kappa shape index (κ1) is 20.4. The van der Waals surface area contributed by atoms with E-state index in [0.29, 0.717) is 11.1 Å². The van der Waals surface area contributed by atoms with Gasteiger partial charge in [0.05, 0.1) is 5.25 Å². The standard InChI is InChI=1S/C24H25N3O2S/c1-15-10-12-17(13-11-15)22-25-26-23(29-22)30-16(2)20(28)14-21-24(3,4)18-8-6-7-9-19(18)27(21)5/h6-14,16H,1-5H3/b21-14-. The van der Waals surface area contributed by atoms with E-state index in [1.165, 1.54) is 22.9 Å². The second-order valence-corrected chi connectivity index (χ2v) is 9.42. The van der Waals surface area contributed by atoms with Crippen LogP contribution in [0.2, 0.25) is 0 Å². The number of likely N-dealkylation sites (N-methyl/N-ethyl adjacent to an activating group) is 1. The van der Waals surface area contributed by atoms with Gasteiger partial charge in [-0.1, -0.05) is 61.5 Å². The number of aromatic nitrogens is 2. The summed E-state index contributed by atoms with van der Waals surface area (Å²) in [6.45, 7) is 8.20. The lowest BCUT2D eigenvalue weighted by atomic mass is 9.83. The topological polar surface area (TPSA) is 59.2 Å². The fraction of sp³-hybridized carbons (Fsp3) is 0.292. The van der Waals surface area contributed by atoms with Gasteiger partial charge in [-0.15, -0.1) is 10.2 Å². The third kappa shape index (κ3) is 3.67. The minimum atomic E-state index is -0.336. The van der Waals surface area contributed by atoms with Crippen LogP contribution in [0.5, 0.6) is 0 Å². The number of thioether (sulfide) groups is 1. The average Bonchev–Trinajstić information content (AvgIpc) is 3.26. The first-order valence-corrected chi connectivity index (χ1v) is 10.8. The van der Waals surface area contributed by atoms with Crippen LogP contribution in [0, 0.1) is 6.92 Å². The minimum absolute atomic E-state index is 0.0258. The molecule has 0 bridgehead atoms. The molecule has 2 heterocycles. The molecule has 0 amide bonds. The Bertz CT molecular complexity index is 1120. The fourth-order valence-electron chi connectivity index (χ4n) is 3.79. The van der Waals surface area contributed by atoms with Crippen LogP contribution in [-0.2, 0) is 10.2 Å². The third-order valence-corrected chi connectivity index (χ3v) is 6.56. The lowest BCUT2D eigenvalue weighted by Gasteiger charge is -2.24. The molecule has 3 aromatic rings. The Morgan fingerprint density at radius 2 is 1.83 bits per heavy atom. The second kappa shape index (κ2) is 7.76. The monoisotopic (exact) mass is 419 g/mol. The number of rotatable bonds is 5. The largest absolute Gasteiger partial charge is 0.411 e. The van der Waals surface area contributed by atoms with E-state index in [-0.39, 0.29) is 16.4 Å². The molecule has 5 nitrogen and oxygen atoms in total. The van der Waals surface area contributed by atoms with Crippen molar-refractivity contribution in [3.05, 3.63) is 71.4 Å². The van der Waals surface area contributed by atoms with Crippen LogP contribution in [0.15, 0.2) is 69.9 Å². The van der Waals surface area contributed by atoms with Gasteiger partial charge in [0, 0.05) is 35.5 Å². The Hall–Kier alpha value is -2.86. The number of carbonyl (C=O) groups excluding carboxylic acids is 1. The first-order valence-electron chi connectivity index (χ1n) is 9.94. The number of aryl methyl sites for hydroxylation is 1. The summed E-state index contributed by atoms with van der Waals surface area (Å²) in [5, 5.41) is 8.29. The zero-order valence-electron chi connectivity index (χ0n) is 17.8. The number of benzene rings is 2. The summed E-state index contributed by atoms with van der Waals surface area (Å²) in [6, 6.07) is 16.2. The average molecular weight is 420 g/mol. The maximum Gasteiger partial charge on any atom is 0.277 e. The number of nitrogens with zero attached hydrogens (tertiary/aromatic N) is 3. The van der Waals surface area contributed by atoms with E-state index < -0.39 is 0 Å². The van der Waals surface area contributed by atoms with Crippen molar-refractivity contribution in [2.24, 2.45) is 0 Å². The van der Waals surface area contributed by atoms with Crippen molar-refractivity contribution >= 4 is 23.2 Å². The summed E-state index contributed by atoms with van der Waals surface area (Å²) >= 11 is 1.29. The SMILES string of the molecule is Cc1ccc(-c2nnc(SC(C)C(=O)/C=C3\N(C)c4ccccc4C3(C)C)o2)cc1. The van der Waals surface area contributed by atoms with Crippen molar-refractivity contribution in [2.75, 3.05) is 11.9 Å². The molecule has 0 saturated heterocycles. The molecule has 0 spiro atoms. The van der Waals surface area contributed by atoms with Crippen LogP contribution >= 0.6 is 11.8 Å². The molecule has 154 valence electrons. The number of hydrogen-bond acceptors (Lipinski definition) is 6. The van der Waals surface area contributed by atoms with Gasteiger partial charge in [0.2, 0.25) is 5.89 Å². The quantitative estimate of drug-likeness (QED) is 0.407. The van der Waals surface area contributed by atoms with Crippen LogP contribution in [0.25, 0.3) is 11.5 Å². The smallest absolute Gasteiger partial charge is 0.277 e. The normalized spacial score (nSPS) is 17.2. The number of fused-ring (bicyclic) bond motifs is 1. The summed E-state index contributed by atoms with van der Waals surface area (Å²) < 4.78 is 5.77. The van der Waals surface area contributed by atoms with E-state index in [1.54, 1.807) is 6.08 Å². The van der Waals surface area contributed by atoms with Gasteiger partial charge in [-0.3, -0.25) is 4.79 Å². The number of ketones is 1. The van der Waals surface area contributed by atoms with Gasteiger partial charge >= 0.3 is 0 Å². The van der Waals surface area contributed by atoms with Crippen molar-refractivity contribution in [1.29, 1.82) is 0 Å². The summed E-state index contributed by atoms with van der Waals surface area (Å²) in [5.41, 5.74) is 5.17. The number of hydrogen-bond donors (Lipinski definition) is 0. The first-order chi connectivity index (χ1) is 14.3. The van der Waals surface area contributed by atoms with E-state index in [2.05, 4.69) is 41.1 Å². The van der Waals surface area contributed by atoms with E-state index in [1.807, 2.05) is 57.3 Å². The highest BCUT2D eigenvalue weighted by atomic mass is 32.2. The summed E-state index contributed by atoms with van der Waals surface area (Å²) in [6.07, 6.45) is 1.76. The molecule has 1 aliphatic rings. The summed E-state index contributed by atoms with van der Waals surface area (Å²) in [7, 11) is 2.01. The predicted octanol–water partition coefficient (Wildman–Crippen LogP) is 5.41. The van der Waals surface area contributed by atoms with Crippen molar-refractivity contribution in [3.63, 3.8) is 0 Å². The molecule has 0 aliphatic carbocycles. The van der Waals surface area contributed by atoms with E-state index >= 15 is 0 Å². The molecule has 0 N–H and O–H groups in total. The van der Waals surface area contributed by atoms with Crippen LogP contribution in [0.3, 0.4) is 0 Å². The molecule has 1 unspecified atom stereocenters. The number of allylic oxidation sites excluding steroid dienone is 2. The molecular weight excluding hydrogens is 394 g/mol.